The highest BCUT2D eigenvalue weighted by Gasteiger charge is 2.10. The first kappa shape index (κ1) is 20.7. The van der Waals surface area contributed by atoms with Crippen molar-refractivity contribution in [3.05, 3.63) is 101 Å². The molecular formula is C26H30N2O. The minimum absolute atomic E-state index is 0.125. The molecule has 0 aliphatic rings. The minimum atomic E-state index is 0.125. The second kappa shape index (κ2) is 9.92. The lowest BCUT2D eigenvalue weighted by Gasteiger charge is -2.17. The molecule has 0 aliphatic carbocycles. The quantitative estimate of drug-likeness (QED) is 0.545. The van der Waals surface area contributed by atoms with Gasteiger partial charge in [-0.25, -0.2) is 0 Å². The van der Waals surface area contributed by atoms with Crippen LogP contribution >= 0.6 is 0 Å². The fraction of sp³-hybridized carbons (Fsp3) is 0.269. The van der Waals surface area contributed by atoms with Crippen LogP contribution in [0, 0.1) is 0 Å². The zero-order valence-corrected chi connectivity index (χ0v) is 17.6. The highest BCUT2D eigenvalue weighted by Crippen LogP contribution is 2.16. The lowest BCUT2D eigenvalue weighted by molar-refractivity contribution is -0.129. The van der Waals surface area contributed by atoms with Crippen molar-refractivity contribution < 1.29 is 4.79 Å². The van der Waals surface area contributed by atoms with Crippen LogP contribution in [0.5, 0.6) is 0 Å². The molecule has 3 rings (SSSR count). The molecule has 0 bridgehead atoms. The summed E-state index contributed by atoms with van der Waals surface area (Å²) in [7, 11) is 1.86. The molecule has 0 saturated carbocycles. The van der Waals surface area contributed by atoms with E-state index in [1.807, 2.05) is 61.6 Å². The molecule has 29 heavy (non-hydrogen) atoms. The summed E-state index contributed by atoms with van der Waals surface area (Å²) in [5, 5.41) is 3.45. The standard InChI is InChI=1S/C26H30N2O/c1-20(2)24-13-9-22(10-14-24)18-27-25-15-11-21(12-16-25)17-26(29)28(3)19-23-7-5-4-6-8-23/h4-16,20,27H,17-19H2,1-3H3. The van der Waals surface area contributed by atoms with Crippen molar-refractivity contribution >= 4 is 11.6 Å². The van der Waals surface area contributed by atoms with E-state index < -0.39 is 0 Å². The van der Waals surface area contributed by atoms with Crippen LogP contribution in [0.15, 0.2) is 78.9 Å². The van der Waals surface area contributed by atoms with E-state index in [-0.39, 0.29) is 5.91 Å². The summed E-state index contributed by atoms with van der Waals surface area (Å²) < 4.78 is 0. The Labute approximate surface area is 174 Å². The van der Waals surface area contributed by atoms with E-state index in [0.29, 0.717) is 18.9 Å². The van der Waals surface area contributed by atoms with Gasteiger partial charge in [0, 0.05) is 25.8 Å². The van der Waals surface area contributed by atoms with Crippen LogP contribution < -0.4 is 5.32 Å². The number of anilines is 1. The number of carbonyl (C=O) groups excluding carboxylic acids is 1. The van der Waals surface area contributed by atoms with Gasteiger partial charge in [-0.2, -0.15) is 0 Å². The summed E-state index contributed by atoms with van der Waals surface area (Å²) in [5.41, 5.74) is 5.86. The number of benzene rings is 3. The average molecular weight is 387 g/mol. The molecule has 0 radical (unpaired) electrons. The second-order valence-corrected chi connectivity index (χ2v) is 7.86. The SMILES string of the molecule is CC(C)c1ccc(CNc2ccc(CC(=O)N(C)Cc3ccccc3)cc2)cc1. The van der Waals surface area contributed by atoms with Gasteiger partial charge < -0.3 is 10.2 Å². The van der Waals surface area contributed by atoms with E-state index >= 15 is 0 Å². The average Bonchev–Trinajstić information content (AvgIpc) is 2.74. The van der Waals surface area contributed by atoms with Gasteiger partial charge in [0.25, 0.3) is 0 Å². The molecule has 0 spiro atoms. The molecule has 3 aromatic carbocycles. The molecule has 1 N–H and O–H groups in total. The fourth-order valence-electron chi connectivity index (χ4n) is 3.22. The number of likely N-dealkylation sites (N-methyl/N-ethyl adjacent to an activating group) is 1. The van der Waals surface area contributed by atoms with Gasteiger partial charge in [0.2, 0.25) is 5.91 Å². The van der Waals surface area contributed by atoms with Crippen LogP contribution in [0.25, 0.3) is 0 Å². The van der Waals surface area contributed by atoms with Crippen LogP contribution in [-0.4, -0.2) is 17.9 Å². The molecule has 3 aromatic rings. The Bertz CT molecular complexity index is 900. The van der Waals surface area contributed by atoms with Crippen molar-refractivity contribution in [2.45, 2.75) is 39.3 Å². The maximum Gasteiger partial charge on any atom is 0.227 e. The summed E-state index contributed by atoms with van der Waals surface area (Å²) in [5.74, 6) is 0.679. The fourth-order valence-corrected chi connectivity index (χ4v) is 3.22. The van der Waals surface area contributed by atoms with Gasteiger partial charge in [-0.15, -0.1) is 0 Å². The van der Waals surface area contributed by atoms with Crippen LogP contribution in [0.2, 0.25) is 0 Å². The number of amides is 1. The highest BCUT2D eigenvalue weighted by molar-refractivity contribution is 5.78. The number of nitrogens with zero attached hydrogens (tertiary/aromatic N) is 1. The zero-order valence-electron chi connectivity index (χ0n) is 17.6. The third-order valence-corrected chi connectivity index (χ3v) is 5.14. The first-order valence-corrected chi connectivity index (χ1v) is 10.2. The molecule has 3 heteroatoms. The Kier molecular flexibility index (Phi) is 7.07. The highest BCUT2D eigenvalue weighted by atomic mass is 16.2. The first-order valence-electron chi connectivity index (χ1n) is 10.2. The Balaban J connectivity index is 1.49. The molecule has 0 heterocycles. The first-order chi connectivity index (χ1) is 14.0. The second-order valence-electron chi connectivity index (χ2n) is 7.86. The van der Waals surface area contributed by atoms with Crippen molar-refractivity contribution in [1.29, 1.82) is 0 Å². The maximum atomic E-state index is 12.5. The van der Waals surface area contributed by atoms with Crippen LogP contribution in [0.1, 0.15) is 42.0 Å². The third-order valence-electron chi connectivity index (χ3n) is 5.14. The molecule has 0 atom stereocenters. The van der Waals surface area contributed by atoms with Crippen LogP contribution in [0.4, 0.5) is 5.69 Å². The Hall–Kier alpha value is -3.07. The van der Waals surface area contributed by atoms with E-state index in [2.05, 4.69) is 43.4 Å². The molecule has 0 aromatic heterocycles. The van der Waals surface area contributed by atoms with Crippen molar-refractivity contribution in [3.63, 3.8) is 0 Å². The summed E-state index contributed by atoms with van der Waals surface area (Å²) in [6.45, 7) is 5.84. The van der Waals surface area contributed by atoms with Crippen molar-refractivity contribution in [1.82, 2.24) is 4.90 Å². The zero-order chi connectivity index (χ0) is 20.6. The molecule has 150 valence electrons. The largest absolute Gasteiger partial charge is 0.381 e. The normalized spacial score (nSPS) is 10.8. The molecule has 0 unspecified atom stereocenters. The smallest absolute Gasteiger partial charge is 0.227 e. The van der Waals surface area contributed by atoms with Gasteiger partial charge in [0.15, 0.2) is 0 Å². The Morgan fingerprint density at radius 1 is 0.828 bits per heavy atom. The van der Waals surface area contributed by atoms with Gasteiger partial charge in [-0.3, -0.25) is 4.79 Å². The molecule has 0 saturated heterocycles. The van der Waals surface area contributed by atoms with Crippen molar-refractivity contribution in [3.8, 4) is 0 Å². The molecule has 3 nitrogen and oxygen atoms in total. The lowest BCUT2D eigenvalue weighted by atomic mass is 10.0. The molecule has 0 aliphatic heterocycles. The number of carbonyl (C=O) groups is 1. The topological polar surface area (TPSA) is 32.3 Å². The predicted molar refractivity (Wildman–Crippen MR) is 121 cm³/mol. The summed E-state index contributed by atoms with van der Waals surface area (Å²) >= 11 is 0. The van der Waals surface area contributed by atoms with Gasteiger partial charge in [-0.05, 0) is 40.3 Å². The van der Waals surface area contributed by atoms with Gasteiger partial charge in [0.1, 0.15) is 0 Å². The number of hydrogen-bond acceptors (Lipinski definition) is 2. The maximum absolute atomic E-state index is 12.5. The minimum Gasteiger partial charge on any atom is -0.381 e. The van der Waals surface area contributed by atoms with E-state index in [1.165, 1.54) is 11.1 Å². The molecule has 1 amide bonds. The molecule has 0 fully saturated rings. The lowest BCUT2D eigenvalue weighted by Crippen LogP contribution is -2.27. The van der Waals surface area contributed by atoms with E-state index in [1.54, 1.807) is 4.90 Å². The summed E-state index contributed by atoms with van der Waals surface area (Å²) in [4.78, 5) is 14.3. The van der Waals surface area contributed by atoms with Crippen LogP contribution in [0.3, 0.4) is 0 Å². The number of nitrogens with one attached hydrogen (secondary N) is 1. The van der Waals surface area contributed by atoms with E-state index in [4.69, 9.17) is 0 Å². The van der Waals surface area contributed by atoms with Crippen LogP contribution in [-0.2, 0) is 24.3 Å². The van der Waals surface area contributed by atoms with E-state index in [9.17, 15) is 4.79 Å². The van der Waals surface area contributed by atoms with Gasteiger partial charge >= 0.3 is 0 Å². The van der Waals surface area contributed by atoms with Crippen molar-refractivity contribution in [2.75, 3.05) is 12.4 Å². The van der Waals surface area contributed by atoms with Crippen molar-refractivity contribution in [2.24, 2.45) is 0 Å². The monoisotopic (exact) mass is 386 g/mol. The number of hydrogen-bond donors (Lipinski definition) is 1. The van der Waals surface area contributed by atoms with E-state index in [0.717, 1.165) is 23.4 Å². The number of rotatable bonds is 8. The third kappa shape index (κ3) is 6.21. The predicted octanol–water partition coefficient (Wildman–Crippen LogP) is 5.62. The van der Waals surface area contributed by atoms with Gasteiger partial charge in [0.05, 0.1) is 6.42 Å². The summed E-state index contributed by atoms with van der Waals surface area (Å²) in [6, 6.07) is 27.0. The summed E-state index contributed by atoms with van der Waals surface area (Å²) in [6.07, 6.45) is 0.417. The Morgan fingerprint density at radius 2 is 1.45 bits per heavy atom. The van der Waals surface area contributed by atoms with Gasteiger partial charge in [-0.1, -0.05) is 80.6 Å². The molecular weight excluding hydrogens is 356 g/mol. The Morgan fingerprint density at radius 3 is 2.07 bits per heavy atom.